The zero-order valence-corrected chi connectivity index (χ0v) is 11.3. The summed E-state index contributed by atoms with van der Waals surface area (Å²) in [5.41, 5.74) is 3.39. The molecule has 0 radical (unpaired) electrons. The van der Waals surface area contributed by atoms with E-state index in [1.165, 1.54) is 5.57 Å². The van der Waals surface area contributed by atoms with Crippen LogP contribution in [0.25, 0.3) is 0 Å². The molecular weight excluding hydrogens is 196 g/mol. The van der Waals surface area contributed by atoms with Gasteiger partial charge in [-0.25, -0.2) is 0 Å². The van der Waals surface area contributed by atoms with Crippen LogP contribution in [-0.2, 0) is 4.79 Å². The molecule has 1 aliphatic carbocycles. The van der Waals surface area contributed by atoms with Crippen LogP contribution in [-0.4, -0.2) is 5.78 Å². The van der Waals surface area contributed by atoms with Gasteiger partial charge in [0.25, 0.3) is 0 Å². The maximum Gasteiger partial charge on any atom is 0.184 e. The lowest BCUT2D eigenvalue weighted by Crippen LogP contribution is -2.20. The predicted molar refractivity (Wildman–Crippen MR) is 69.3 cm³/mol. The van der Waals surface area contributed by atoms with Crippen LogP contribution in [0.3, 0.4) is 0 Å². The number of hydrogen-bond donors (Lipinski definition) is 0. The molecule has 1 heteroatoms. The van der Waals surface area contributed by atoms with E-state index in [0.29, 0.717) is 17.6 Å². The van der Waals surface area contributed by atoms with Gasteiger partial charge in [-0.3, -0.25) is 4.79 Å². The van der Waals surface area contributed by atoms with E-state index in [0.717, 1.165) is 30.4 Å². The standard InChI is InChI=1S/C15H24O/c1-6-7-13-8-11(4)9-14(15(13)16)12(5)10(2)3/h7,10-11H,6,8-9H2,1-5H3/b13-7+,14-12+. The van der Waals surface area contributed by atoms with Crippen LogP contribution >= 0.6 is 0 Å². The van der Waals surface area contributed by atoms with E-state index in [4.69, 9.17) is 0 Å². The summed E-state index contributed by atoms with van der Waals surface area (Å²) in [5, 5.41) is 0. The highest BCUT2D eigenvalue weighted by atomic mass is 16.1. The topological polar surface area (TPSA) is 17.1 Å². The minimum atomic E-state index is 0.311. The first-order chi connectivity index (χ1) is 7.47. The fourth-order valence-electron chi connectivity index (χ4n) is 2.29. The molecule has 1 nitrogen and oxygen atoms in total. The largest absolute Gasteiger partial charge is 0.289 e. The molecule has 90 valence electrons. The predicted octanol–water partition coefficient (Wildman–Crippen LogP) is 4.29. The second-order valence-electron chi connectivity index (χ2n) is 5.30. The summed E-state index contributed by atoms with van der Waals surface area (Å²) in [4.78, 5) is 12.3. The highest BCUT2D eigenvalue weighted by molar-refractivity contribution is 6.09. The molecule has 0 spiro atoms. The lowest BCUT2D eigenvalue weighted by Gasteiger charge is -2.25. The van der Waals surface area contributed by atoms with E-state index >= 15 is 0 Å². The molecule has 0 amide bonds. The van der Waals surface area contributed by atoms with Crippen molar-refractivity contribution in [3.63, 3.8) is 0 Å². The van der Waals surface area contributed by atoms with E-state index in [9.17, 15) is 4.79 Å². The molecule has 0 saturated heterocycles. The molecule has 0 aromatic heterocycles. The summed E-state index contributed by atoms with van der Waals surface area (Å²) in [6.07, 6.45) is 4.98. The van der Waals surface area contributed by atoms with Crippen molar-refractivity contribution in [2.24, 2.45) is 11.8 Å². The van der Waals surface area contributed by atoms with Crippen molar-refractivity contribution in [3.8, 4) is 0 Å². The van der Waals surface area contributed by atoms with Crippen LogP contribution in [0.2, 0.25) is 0 Å². The Balaban J connectivity index is 3.08. The van der Waals surface area contributed by atoms with Crippen LogP contribution in [0.1, 0.15) is 53.9 Å². The number of allylic oxidation sites excluding steroid dienone is 4. The van der Waals surface area contributed by atoms with Crippen LogP contribution in [0.4, 0.5) is 0 Å². The summed E-state index contributed by atoms with van der Waals surface area (Å²) in [6, 6.07) is 0. The van der Waals surface area contributed by atoms with Crippen molar-refractivity contribution in [1.82, 2.24) is 0 Å². The van der Waals surface area contributed by atoms with E-state index in [1.807, 2.05) is 0 Å². The lowest BCUT2D eigenvalue weighted by molar-refractivity contribution is -0.113. The quantitative estimate of drug-likeness (QED) is 0.634. The number of rotatable bonds is 2. The number of hydrogen-bond acceptors (Lipinski definition) is 1. The normalized spacial score (nSPS) is 27.8. The first kappa shape index (κ1) is 13.2. The fourth-order valence-corrected chi connectivity index (χ4v) is 2.29. The summed E-state index contributed by atoms with van der Waals surface area (Å²) in [5.74, 6) is 1.40. The van der Waals surface area contributed by atoms with E-state index in [-0.39, 0.29) is 0 Å². The molecule has 1 fully saturated rings. The maximum absolute atomic E-state index is 12.3. The van der Waals surface area contributed by atoms with Gasteiger partial charge < -0.3 is 0 Å². The molecular formula is C15H24O. The second kappa shape index (κ2) is 5.47. The lowest BCUT2D eigenvalue weighted by atomic mass is 9.78. The van der Waals surface area contributed by atoms with Gasteiger partial charge in [-0.1, -0.05) is 39.3 Å². The second-order valence-corrected chi connectivity index (χ2v) is 5.30. The van der Waals surface area contributed by atoms with Gasteiger partial charge in [0.05, 0.1) is 0 Å². The zero-order valence-electron chi connectivity index (χ0n) is 11.3. The summed E-state index contributed by atoms with van der Waals surface area (Å²) >= 11 is 0. The minimum absolute atomic E-state index is 0.311. The highest BCUT2D eigenvalue weighted by Gasteiger charge is 2.26. The summed E-state index contributed by atoms with van der Waals surface area (Å²) < 4.78 is 0. The number of Topliss-reactive ketones (excluding diaryl/α,β-unsaturated/α-hetero) is 1. The minimum Gasteiger partial charge on any atom is -0.289 e. The Morgan fingerprint density at radius 3 is 2.56 bits per heavy atom. The maximum atomic E-state index is 12.3. The molecule has 1 atom stereocenters. The van der Waals surface area contributed by atoms with Gasteiger partial charge in [0.15, 0.2) is 5.78 Å². The van der Waals surface area contributed by atoms with E-state index < -0.39 is 0 Å². The molecule has 0 aromatic carbocycles. The van der Waals surface area contributed by atoms with Crippen molar-refractivity contribution in [3.05, 3.63) is 22.8 Å². The molecule has 1 aliphatic rings. The monoisotopic (exact) mass is 220 g/mol. The molecule has 1 rings (SSSR count). The molecule has 1 unspecified atom stereocenters. The third kappa shape index (κ3) is 2.84. The fraction of sp³-hybridized carbons (Fsp3) is 0.667. The van der Waals surface area contributed by atoms with Gasteiger partial charge in [-0.05, 0) is 49.2 Å². The van der Waals surface area contributed by atoms with Crippen LogP contribution in [0.5, 0.6) is 0 Å². The van der Waals surface area contributed by atoms with Gasteiger partial charge in [0.2, 0.25) is 0 Å². The third-order valence-corrected chi connectivity index (χ3v) is 3.48. The average Bonchev–Trinajstić information content (AvgIpc) is 2.22. The molecule has 0 heterocycles. The summed E-state index contributed by atoms with van der Waals surface area (Å²) in [6.45, 7) is 10.8. The number of carbonyl (C=O) groups is 1. The average molecular weight is 220 g/mol. The van der Waals surface area contributed by atoms with E-state index in [2.05, 4.69) is 40.7 Å². The highest BCUT2D eigenvalue weighted by Crippen LogP contribution is 2.33. The zero-order chi connectivity index (χ0) is 12.3. The first-order valence-corrected chi connectivity index (χ1v) is 6.40. The van der Waals surface area contributed by atoms with Crippen molar-refractivity contribution in [2.45, 2.75) is 53.9 Å². The van der Waals surface area contributed by atoms with Crippen molar-refractivity contribution in [2.75, 3.05) is 0 Å². The summed E-state index contributed by atoms with van der Waals surface area (Å²) in [7, 11) is 0. The first-order valence-electron chi connectivity index (χ1n) is 6.40. The van der Waals surface area contributed by atoms with Crippen molar-refractivity contribution < 1.29 is 4.79 Å². The molecule has 1 saturated carbocycles. The molecule has 0 N–H and O–H groups in total. The van der Waals surface area contributed by atoms with Gasteiger partial charge in [-0.2, -0.15) is 0 Å². The molecule has 0 aliphatic heterocycles. The SMILES string of the molecule is CC/C=C1\CC(C)C/C(=C(/C)C(C)C)C1=O. The Kier molecular flexibility index (Phi) is 4.52. The number of ketones is 1. The van der Waals surface area contributed by atoms with Gasteiger partial charge in [0, 0.05) is 0 Å². The smallest absolute Gasteiger partial charge is 0.184 e. The Morgan fingerprint density at radius 1 is 1.44 bits per heavy atom. The van der Waals surface area contributed by atoms with Gasteiger partial charge in [-0.15, -0.1) is 0 Å². The van der Waals surface area contributed by atoms with Crippen LogP contribution < -0.4 is 0 Å². The van der Waals surface area contributed by atoms with Crippen LogP contribution in [0, 0.1) is 11.8 Å². The van der Waals surface area contributed by atoms with Crippen molar-refractivity contribution in [1.29, 1.82) is 0 Å². The Morgan fingerprint density at radius 2 is 2.06 bits per heavy atom. The third-order valence-electron chi connectivity index (χ3n) is 3.48. The Labute approximate surface area is 99.6 Å². The molecule has 0 bridgehead atoms. The van der Waals surface area contributed by atoms with Crippen LogP contribution in [0.15, 0.2) is 22.8 Å². The van der Waals surface area contributed by atoms with Gasteiger partial charge >= 0.3 is 0 Å². The molecule has 0 aromatic rings. The Bertz CT molecular complexity index is 331. The van der Waals surface area contributed by atoms with Gasteiger partial charge in [0.1, 0.15) is 0 Å². The number of carbonyl (C=O) groups excluding carboxylic acids is 1. The molecule has 16 heavy (non-hydrogen) atoms. The Hall–Kier alpha value is -0.850. The van der Waals surface area contributed by atoms with E-state index in [1.54, 1.807) is 0 Å². The van der Waals surface area contributed by atoms with Crippen molar-refractivity contribution >= 4 is 5.78 Å².